The number of aromatic nitrogens is 2. The van der Waals surface area contributed by atoms with Gasteiger partial charge in [0.15, 0.2) is 5.03 Å². The van der Waals surface area contributed by atoms with E-state index in [0.29, 0.717) is 19.0 Å². The molecule has 1 aliphatic heterocycles. The molecule has 0 saturated carbocycles. The summed E-state index contributed by atoms with van der Waals surface area (Å²) in [6, 6.07) is 0. The Morgan fingerprint density at radius 3 is 2.74 bits per heavy atom. The van der Waals surface area contributed by atoms with Gasteiger partial charge in [-0.1, -0.05) is 6.92 Å². The molecule has 0 aromatic carbocycles. The predicted molar refractivity (Wildman–Crippen MR) is 84.6 cm³/mol. The molecular weight excluding hydrogens is 320 g/mol. The minimum atomic E-state index is -3.76. The van der Waals surface area contributed by atoms with Crippen LogP contribution >= 0.6 is 0 Å². The van der Waals surface area contributed by atoms with Gasteiger partial charge in [0.1, 0.15) is 5.56 Å². The number of H-pyrrole nitrogens is 1. The van der Waals surface area contributed by atoms with E-state index < -0.39 is 16.0 Å². The summed E-state index contributed by atoms with van der Waals surface area (Å²) in [5.41, 5.74) is -0.0402. The number of esters is 1. The first-order chi connectivity index (χ1) is 11.0. The van der Waals surface area contributed by atoms with E-state index in [1.54, 1.807) is 6.92 Å². The van der Waals surface area contributed by atoms with E-state index in [1.807, 2.05) is 0 Å². The average Bonchev–Trinajstić information content (AvgIpc) is 3.04. The monoisotopic (exact) mass is 344 g/mol. The van der Waals surface area contributed by atoms with Crippen LogP contribution in [0.25, 0.3) is 0 Å². The van der Waals surface area contributed by atoms with Crippen LogP contribution in [0.5, 0.6) is 0 Å². The second-order valence-electron chi connectivity index (χ2n) is 5.49. The number of hydrogen-bond donors (Lipinski definition) is 2. The third kappa shape index (κ3) is 4.10. The molecule has 0 amide bonds. The van der Waals surface area contributed by atoms with Crippen LogP contribution < -0.4 is 5.32 Å². The summed E-state index contributed by atoms with van der Waals surface area (Å²) in [4.78, 5) is 11.9. The second kappa shape index (κ2) is 7.89. The summed E-state index contributed by atoms with van der Waals surface area (Å²) in [6.45, 7) is 6.60. The Labute approximate surface area is 136 Å². The van der Waals surface area contributed by atoms with Crippen molar-refractivity contribution < 1.29 is 17.9 Å². The van der Waals surface area contributed by atoms with Crippen LogP contribution in [-0.4, -0.2) is 61.7 Å². The van der Waals surface area contributed by atoms with Crippen molar-refractivity contribution in [2.45, 2.75) is 31.7 Å². The lowest BCUT2D eigenvalue weighted by Gasteiger charge is -2.31. The second-order valence-corrected chi connectivity index (χ2v) is 7.36. The van der Waals surface area contributed by atoms with Crippen molar-refractivity contribution >= 4 is 16.0 Å². The molecule has 0 aliphatic carbocycles. The molecule has 0 radical (unpaired) electrons. The highest BCUT2D eigenvalue weighted by Gasteiger charge is 2.34. The average molecular weight is 344 g/mol. The van der Waals surface area contributed by atoms with Gasteiger partial charge in [-0.2, -0.15) is 9.40 Å². The number of nitrogens with zero attached hydrogens (tertiary/aromatic N) is 2. The number of carbonyl (C=O) groups is 1. The van der Waals surface area contributed by atoms with Gasteiger partial charge in [-0.3, -0.25) is 5.10 Å². The van der Waals surface area contributed by atoms with Crippen LogP contribution in [0, 0.1) is 5.92 Å². The number of sulfonamides is 1. The van der Waals surface area contributed by atoms with Crippen LogP contribution in [0.1, 0.15) is 37.0 Å². The molecule has 2 rings (SSSR count). The van der Waals surface area contributed by atoms with Crippen molar-refractivity contribution in [3.63, 3.8) is 0 Å². The molecular formula is C14H24N4O4S. The Hall–Kier alpha value is -1.45. The van der Waals surface area contributed by atoms with Gasteiger partial charge < -0.3 is 10.1 Å². The summed E-state index contributed by atoms with van der Waals surface area (Å²) in [6.07, 6.45) is 2.80. The Bertz CT molecular complexity index is 620. The lowest BCUT2D eigenvalue weighted by molar-refractivity contribution is 0.0521. The summed E-state index contributed by atoms with van der Waals surface area (Å²) < 4.78 is 31.7. The third-order valence-corrected chi connectivity index (χ3v) is 5.83. The maximum absolute atomic E-state index is 12.7. The lowest BCUT2D eigenvalue weighted by atomic mass is 9.98. The van der Waals surface area contributed by atoms with Gasteiger partial charge in [0.05, 0.1) is 12.8 Å². The Morgan fingerprint density at radius 1 is 1.43 bits per heavy atom. The Balaban J connectivity index is 2.09. The molecule has 0 spiro atoms. The molecule has 1 fully saturated rings. The number of aromatic amines is 1. The van der Waals surface area contributed by atoms with Gasteiger partial charge in [0.2, 0.25) is 0 Å². The zero-order valence-electron chi connectivity index (χ0n) is 13.5. The summed E-state index contributed by atoms with van der Waals surface area (Å²) in [7, 11) is -3.76. The Kier molecular flexibility index (Phi) is 6.14. The third-order valence-electron chi connectivity index (χ3n) is 3.95. The van der Waals surface area contributed by atoms with E-state index in [1.165, 1.54) is 10.5 Å². The van der Waals surface area contributed by atoms with E-state index in [0.717, 1.165) is 25.9 Å². The largest absolute Gasteiger partial charge is 0.462 e. The van der Waals surface area contributed by atoms with Crippen LogP contribution in [0.4, 0.5) is 0 Å². The minimum absolute atomic E-state index is 0.0402. The van der Waals surface area contributed by atoms with Crippen molar-refractivity contribution in [1.82, 2.24) is 19.8 Å². The lowest BCUT2D eigenvalue weighted by Crippen LogP contribution is -2.41. The van der Waals surface area contributed by atoms with Gasteiger partial charge in [-0.05, 0) is 38.8 Å². The van der Waals surface area contributed by atoms with Crippen LogP contribution in [0.15, 0.2) is 11.2 Å². The highest BCUT2D eigenvalue weighted by Crippen LogP contribution is 2.24. The molecule has 2 heterocycles. The SMILES string of the molecule is CCNCC1CCN(S(=O)(=O)c2[nH]ncc2C(=O)OCC)CC1. The van der Waals surface area contributed by atoms with E-state index in [-0.39, 0.29) is 17.2 Å². The fraction of sp³-hybridized carbons (Fsp3) is 0.714. The van der Waals surface area contributed by atoms with Gasteiger partial charge in [-0.25, -0.2) is 13.2 Å². The molecule has 1 saturated heterocycles. The molecule has 1 aliphatic rings. The van der Waals surface area contributed by atoms with E-state index in [9.17, 15) is 13.2 Å². The van der Waals surface area contributed by atoms with Crippen molar-refractivity contribution in [3.05, 3.63) is 11.8 Å². The van der Waals surface area contributed by atoms with Crippen molar-refractivity contribution in [2.24, 2.45) is 5.92 Å². The normalized spacial score (nSPS) is 17.3. The summed E-state index contributed by atoms with van der Waals surface area (Å²) in [5, 5.41) is 9.25. The number of nitrogens with one attached hydrogen (secondary N) is 2. The molecule has 1 aromatic heterocycles. The zero-order valence-corrected chi connectivity index (χ0v) is 14.4. The van der Waals surface area contributed by atoms with Crippen LogP contribution in [0.3, 0.4) is 0 Å². The van der Waals surface area contributed by atoms with Crippen LogP contribution in [0.2, 0.25) is 0 Å². The van der Waals surface area contributed by atoms with Crippen molar-refractivity contribution in [2.75, 3.05) is 32.8 Å². The molecule has 8 nitrogen and oxygen atoms in total. The van der Waals surface area contributed by atoms with E-state index >= 15 is 0 Å². The van der Waals surface area contributed by atoms with Crippen molar-refractivity contribution in [3.8, 4) is 0 Å². The molecule has 130 valence electrons. The molecule has 0 bridgehead atoms. The first kappa shape index (κ1) is 17.9. The topological polar surface area (TPSA) is 104 Å². The predicted octanol–water partition coefficient (Wildman–Crippen LogP) is 0.597. The molecule has 0 atom stereocenters. The molecule has 0 unspecified atom stereocenters. The smallest absolute Gasteiger partial charge is 0.342 e. The molecule has 9 heteroatoms. The first-order valence-electron chi connectivity index (χ1n) is 7.92. The van der Waals surface area contributed by atoms with Crippen LogP contribution in [-0.2, 0) is 14.8 Å². The van der Waals surface area contributed by atoms with Gasteiger partial charge in [0, 0.05) is 13.1 Å². The zero-order chi connectivity index (χ0) is 16.9. The summed E-state index contributed by atoms with van der Waals surface area (Å²) >= 11 is 0. The summed E-state index contributed by atoms with van der Waals surface area (Å²) in [5.74, 6) is -0.199. The fourth-order valence-electron chi connectivity index (χ4n) is 2.66. The number of carbonyl (C=O) groups excluding carboxylic acids is 1. The van der Waals surface area contributed by atoms with E-state index in [2.05, 4.69) is 22.4 Å². The quantitative estimate of drug-likeness (QED) is 0.702. The highest BCUT2D eigenvalue weighted by molar-refractivity contribution is 7.89. The number of piperidine rings is 1. The van der Waals surface area contributed by atoms with Gasteiger partial charge >= 0.3 is 5.97 Å². The molecule has 2 N–H and O–H groups in total. The van der Waals surface area contributed by atoms with E-state index in [4.69, 9.17) is 4.74 Å². The van der Waals surface area contributed by atoms with Crippen molar-refractivity contribution in [1.29, 1.82) is 0 Å². The number of rotatable bonds is 7. The highest BCUT2D eigenvalue weighted by atomic mass is 32.2. The maximum Gasteiger partial charge on any atom is 0.342 e. The minimum Gasteiger partial charge on any atom is -0.462 e. The number of hydrogen-bond acceptors (Lipinski definition) is 6. The number of ether oxygens (including phenoxy) is 1. The maximum atomic E-state index is 12.7. The molecule has 1 aromatic rings. The first-order valence-corrected chi connectivity index (χ1v) is 9.36. The van der Waals surface area contributed by atoms with Gasteiger partial charge in [-0.15, -0.1) is 0 Å². The molecule has 23 heavy (non-hydrogen) atoms. The fourth-order valence-corrected chi connectivity index (χ4v) is 4.19. The standard InChI is InChI=1S/C14H24N4O4S/c1-3-15-9-11-5-7-18(8-6-11)23(20,21)13-12(10-16-17-13)14(19)22-4-2/h10-11,15H,3-9H2,1-2H3,(H,16,17). The van der Waals surface area contributed by atoms with Gasteiger partial charge in [0.25, 0.3) is 10.0 Å². The Morgan fingerprint density at radius 2 is 2.13 bits per heavy atom.